The van der Waals surface area contributed by atoms with Crippen molar-refractivity contribution in [2.24, 2.45) is 4.99 Å². The third-order valence-electron chi connectivity index (χ3n) is 4.67. The van der Waals surface area contributed by atoms with Crippen molar-refractivity contribution < 1.29 is 13.2 Å². The van der Waals surface area contributed by atoms with E-state index in [1.807, 2.05) is 4.90 Å². The highest BCUT2D eigenvalue weighted by molar-refractivity contribution is 7.11. The monoisotopic (exact) mass is 391 g/mol. The van der Waals surface area contributed by atoms with Crippen molar-refractivity contribution in [3.8, 4) is 0 Å². The number of nitrogens with zero attached hydrogens (tertiary/aromatic N) is 4. The average Bonchev–Trinajstić information content (AvgIpc) is 2.95. The van der Waals surface area contributed by atoms with E-state index in [0.29, 0.717) is 44.6 Å². The second kappa shape index (κ2) is 8.56. The molecule has 0 bridgehead atoms. The predicted molar refractivity (Wildman–Crippen MR) is 99.8 cm³/mol. The summed E-state index contributed by atoms with van der Waals surface area (Å²) in [5.74, 6) is 1.10. The largest absolute Gasteiger partial charge is 0.403 e. The maximum Gasteiger partial charge on any atom is 0.403 e. The predicted octanol–water partition coefficient (Wildman–Crippen LogP) is 3.22. The van der Waals surface area contributed by atoms with Gasteiger partial charge in [0.15, 0.2) is 5.96 Å². The minimum absolute atomic E-state index is 0.370. The first-order valence-corrected chi connectivity index (χ1v) is 9.67. The minimum Gasteiger partial charge on any atom is -0.350 e. The summed E-state index contributed by atoms with van der Waals surface area (Å²) in [5, 5.41) is 4.29. The Morgan fingerprint density at radius 3 is 2.31 bits per heavy atom. The first-order chi connectivity index (χ1) is 12.1. The maximum atomic E-state index is 12.9. The number of rotatable bonds is 4. The van der Waals surface area contributed by atoms with Crippen LogP contribution in [0.15, 0.2) is 4.99 Å². The van der Waals surface area contributed by atoms with E-state index in [1.165, 1.54) is 16.7 Å². The Hall–Kier alpha value is -1.35. The van der Waals surface area contributed by atoms with E-state index < -0.39 is 12.2 Å². The summed E-state index contributed by atoms with van der Waals surface area (Å²) < 4.78 is 38.6. The molecule has 1 aromatic rings. The van der Waals surface area contributed by atoms with Crippen LogP contribution in [-0.2, 0) is 6.54 Å². The number of hydrogen-bond acceptors (Lipinski definition) is 4. The molecule has 1 saturated heterocycles. The summed E-state index contributed by atoms with van der Waals surface area (Å²) in [7, 11) is 1.69. The lowest BCUT2D eigenvalue weighted by atomic mass is 10.1. The average molecular weight is 392 g/mol. The van der Waals surface area contributed by atoms with Crippen LogP contribution in [0.4, 0.5) is 13.2 Å². The van der Waals surface area contributed by atoms with Gasteiger partial charge in [0.2, 0.25) is 0 Å². The summed E-state index contributed by atoms with van der Waals surface area (Å²) >= 11 is 1.67. The van der Waals surface area contributed by atoms with Gasteiger partial charge in [0.05, 0.1) is 12.2 Å². The number of alkyl halides is 3. The lowest BCUT2D eigenvalue weighted by Crippen LogP contribution is -2.56. The van der Waals surface area contributed by atoms with E-state index >= 15 is 0 Å². The van der Waals surface area contributed by atoms with E-state index in [2.05, 4.69) is 36.1 Å². The van der Waals surface area contributed by atoms with Crippen LogP contribution in [0.3, 0.4) is 0 Å². The third-order valence-corrected chi connectivity index (χ3v) is 5.65. The number of aromatic nitrogens is 1. The highest BCUT2D eigenvalue weighted by Crippen LogP contribution is 2.26. The van der Waals surface area contributed by atoms with Gasteiger partial charge in [-0.2, -0.15) is 13.2 Å². The Bertz CT molecular complexity index is 618. The van der Waals surface area contributed by atoms with Gasteiger partial charge < -0.3 is 10.2 Å². The molecule has 2 heterocycles. The Morgan fingerprint density at radius 1 is 1.23 bits per heavy atom. The second-order valence-corrected chi connectivity index (χ2v) is 8.13. The topological polar surface area (TPSA) is 43.8 Å². The number of piperazine rings is 1. The molecule has 2 rings (SSSR count). The molecule has 5 nitrogen and oxygen atoms in total. The highest BCUT2D eigenvalue weighted by atomic mass is 32.1. The van der Waals surface area contributed by atoms with E-state index in [1.54, 1.807) is 18.4 Å². The maximum absolute atomic E-state index is 12.9. The molecule has 0 spiro atoms. The summed E-state index contributed by atoms with van der Waals surface area (Å²) in [6, 6.07) is -1.41. The fourth-order valence-corrected chi connectivity index (χ4v) is 4.12. The van der Waals surface area contributed by atoms with Gasteiger partial charge in [0.1, 0.15) is 11.0 Å². The normalized spacial score (nSPS) is 18.5. The molecule has 0 amide bonds. The first-order valence-electron chi connectivity index (χ1n) is 8.86. The van der Waals surface area contributed by atoms with Crippen molar-refractivity contribution in [1.82, 2.24) is 20.1 Å². The molecule has 26 heavy (non-hydrogen) atoms. The van der Waals surface area contributed by atoms with Crippen molar-refractivity contribution in [3.63, 3.8) is 0 Å². The molecule has 9 heteroatoms. The number of aryl methyl sites for hydroxylation is 1. The zero-order valence-electron chi connectivity index (χ0n) is 16.0. The molecule has 1 aliphatic rings. The number of halogens is 3. The minimum atomic E-state index is -4.18. The molecule has 1 N–H and O–H groups in total. The van der Waals surface area contributed by atoms with Crippen molar-refractivity contribution in [1.29, 1.82) is 0 Å². The van der Waals surface area contributed by atoms with Crippen LogP contribution in [0.25, 0.3) is 0 Å². The fraction of sp³-hybridized carbons (Fsp3) is 0.765. The van der Waals surface area contributed by atoms with Gasteiger partial charge in [0.25, 0.3) is 0 Å². The van der Waals surface area contributed by atoms with Gasteiger partial charge in [0, 0.05) is 38.1 Å². The Labute approximate surface area is 157 Å². The van der Waals surface area contributed by atoms with Crippen molar-refractivity contribution >= 4 is 17.3 Å². The number of guanidine groups is 1. The molecule has 1 atom stereocenters. The fourth-order valence-electron chi connectivity index (χ4n) is 3.09. The molecule has 1 unspecified atom stereocenters. The summed E-state index contributed by atoms with van der Waals surface area (Å²) in [6.07, 6.45) is -4.18. The summed E-state index contributed by atoms with van der Waals surface area (Å²) in [6.45, 7) is 9.91. The number of thiazole rings is 1. The van der Waals surface area contributed by atoms with Gasteiger partial charge in [-0.3, -0.25) is 9.89 Å². The highest BCUT2D eigenvalue weighted by Gasteiger charge is 2.41. The van der Waals surface area contributed by atoms with Gasteiger partial charge in [-0.05, 0) is 19.8 Å². The molecule has 1 aromatic heterocycles. The Kier molecular flexibility index (Phi) is 6.90. The van der Waals surface area contributed by atoms with E-state index in [9.17, 15) is 13.2 Å². The van der Waals surface area contributed by atoms with Crippen LogP contribution in [0.1, 0.15) is 42.3 Å². The van der Waals surface area contributed by atoms with E-state index in [0.717, 1.165) is 10.7 Å². The molecule has 0 aromatic carbocycles. The van der Waals surface area contributed by atoms with Crippen LogP contribution in [-0.4, -0.2) is 66.2 Å². The zero-order chi connectivity index (χ0) is 19.5. The second-order valence-electron chi connectivity index (χ2n) is 6.85. The van der Waals surface area contributed by atoms with Gasteiger partial charge in [-0.25, -0.2) is 4.98 Å². The van der Waals surface area contributed by atoms with Crippen LogP contribution in [0.2, 0.25) is 0 Å². The van der Waals surface area contributed by atoms with Crippen LogP contribution in [0.5, 0.6) is 0 Å². The lowest BCUT2D eigenvalue weighted by Gasteiger charge is -2.39. The molecule has 1 aliphatic heterocycles. The van der Waals surface area contributed by atoms with Crippen LogP contribution < -0.4 is 5.32 Å². The lowest BCUT2D eigenvalue weighted by molar-refractivity contribution is -0.181. The smallest absolute Gasteiger partial charge is 0.350 e. The van der Waals surface area contributed by atoms with Crippen molar-refractivity contribution in [2.75, 3.05) is 33.2 Å². The third kappa shape index (κ3) is 5.09. The Morgan fingerprint density at radius 2 is 1.85 bits per heavy atom. The summed E-state index contributed by atoms with van der Waals surface area (Å²) in [5.41, 5.74) is 1.12. The van der Waals surface area contributed by atoms with Gasteiger partial charge in [-0.15, -0.1) is 11.3 Å². The number of aliphatic imine (C=N–C) groups is 1. The SMILES string of the molecule is CN=C(NCc1nc(C(C)C)c(C)s1)N1CCN(C(C)C(F)(F)F)CC1. The Balaban J connectivity index is 1.89. The number of hydrogen-bond donors (Lipinski definition) is 1. The summed E-state index contributed by atoms with van der Waals surface area (Å²) in [4.78, 5) is 13.7. The van der Waals surface area contributed by atoms with Crippen molar-refractivity contribution in [3.05, 3.63) is 15.6 Å². The zero-order valence-corrected chi connectivity index (χ0v) is 16.8. The van der Waals surface area contributed by atoms with Crippen LogP contribution >= 0.6 is 11.3 Å². The van der Waals surface area contributed by atoms with Gasteiger partial charge in [-0.1, -0.05) is 13.8 Å². The molecule has 148 valence electrons. The van der Waals surface area contributed by atoms with Gasteiger partial charge >= 0.3 is 6.18 Å². The quantitative estimate of drug-likeness (QED) is 0.632. The standard InChI is InChI=1S/C17H28F3N5S/c1-11(2)15-12(3)26-14(23-15)10-22-16(21-5)25-8-6-24(7-9-25)13(4)17(18,19)20/h11,13H,6-10H2,1-5H3,(H,21,22). The van der Waals surface area contributed by atoms with Crippen LogP contribution in [0, 0.1) is 6.92 Å². The first kappa shape index (κ1) is 21.0. The van der Waals surface area contributed by atoms with Crippen molar-refractivity contribution in [2.45, 2.75) is 52.4 Å². The molecule has 0 saturated carbocycles. The van der Waals surface area contributed by atoms with E-state index in [4.69, 9.17) is 0 Å². The number of nitrogens with one attached hydrogen (secondary N) is 1. The molecule has 0 radical (unpaired) electrons. The molecule has 0 aliphatic carbocycles. The molecular formula is C17H28F3N5S. The molecular weight excluding hydrogens is 363 g/mol. The molecule has 1 fully saturated rings. The van der Waals surface area contributed by atoms with E-state index in [-0.39, 0.29) is 0 Å².